The van der Waals surface area contributed by atoms with E-state index in [-0.39, 0.29) is 36.4 Å². The molecule has 9 heteroatoms. The molecule has 9 nitrogen and oxygen atoms in total. The van der Waals surface area contributed by atoms with Crippen molar-refractivity contribution in [2.24, 2.45) is 0 Å². The van der Waals surface area contributed by atoms with Gasteiger partial charge in [-0.15, -0.1) is 0 Å². The van der Waals surface area contributed by atoms with Crippen molar-refractivity contribution in [2.75, 3.05) is 7.05 Å². The summed E-state index contributed by atoms with van der Waals surface area (Å²) in [5.74, 6) is 0.402. The van der Waals surface area contributed by atoms with Gasteiger partial charge in [0, 0.05) is 7.05 Å². The Morgan fingerprint density at radius 2 is 1.89 bits per heavy atom. The molecule has 3 rings (SSSR count). The van der Waals surface area contributed by atoms with Crippen LogP contribution in [0.25, 0.3) is 0 Å². The lowest BCUT2D eigenvalue weighted by Gasteiger charge is -2.03. The first-order valence-electron chi connectivity index (χ1n) is 8.73. The van der Waals surface area contributed by atoms with Crippen molar-refractivity contribution in [1.82, 2.24) is 25.0 Å². The van der Waals surface area contributed by atoms with Gasteiger partial charge in [0.2, 0.25) is 5.91 Å². The topological polar surface area (TPSA) is 111 Å². The fourth-order valence-electron chi connectivity index (χ4n) is 2.70. The highest BCUT2D eigenvalue weighted by molar-refractivity contribution is 5.91. The van der Waals surface area contributed by atoms with E-state index in [1.54, 1.807) is 13.0 Å². The van der Waals surface area contributed by atoms with E-state index in [0.717, 1.165) is 10.2 Å². The largest absolute Gasteiger partial charge is 0.454 e. The number of nitrogens with zero attached hydrogens (tertiary/aromatic N) is 3. The molecule has 0 fully saturated rings. The van der Waals surface area contributed by atoms with Crippen LogP contribution in [0.4, 0.5) is 0 Å². The molecule has 0 bridgehead atoms. The summed E-state index contributed by atoms with van der Waals surface area (Å²) in [7, 11) is 1.50. The highest BCUT2D eigenvalue weighted by Gasteiger charge is 2.14. The lowest BCUT2D eigenvalue weighted by Crippen LogP contribution is -2.33. The van der Waals surface area contributed by atoms with Gasteiger partial charge in [-0.25, -0.2) is 9.48 Å². The molecule has 2 N–H and O–H groups in total. The minimum Gasteiger partial charge on any atom is -0.454 e. The first-order chi connectivity index (χ1) is 13.5. The van der Waals surface area contributed by atoms with Crippen LogP contribution < -0.4 is 16.3 Å². The molecule has 0 aliphatic heterocycles. The molecule has 0 aliphatic carbocycles. The van der Waals surface area contributed by atoms with Gasteiger partial charge in [-0.3, -0.25) is 14.2 Å². The van der Waals surface area contributed by atoms with Gasteiger partial charge in [0.1, 0.15) is 18.1 Å². The Bertz CT molecular complexity index is 1030. The Hall–Kier alpha value is -3.62. The van der Waals surface area contributed by atoms with Crippen molar-refractivity contribution in [3.8, 4) is 0 Å². The molecular weight excluding hydrogens is 362 g/mol. The summed E-state index contributed by atoms with van der Waals surface area (Å²) in [6.07, 6.45) is 0. The summed E-state index contributed by atoms with van der Waals surface area (Å²) >= 11 is 0. The molecule has 0 atom stereocenters. The van der Waals surface area contributed by atoms with Crippen molar-refractivity contribution in [3.63, 3.8) is 0 Å². The summed E-state index contributed by atoms with van der Waals surface area (Å²) in [6, 6.07) is 12.7. The van der Waals surface area contributed by atoms with Crippen LogP contribution in [0.1, 0.15) is 27.7 Å². The molecule has 0 saturated heterocycles. The number of carbonyl (C=O) groups is 2. The molecule has 0 unspecified atom stereocenters. The zero-order valence-corrected chi connectivity index (χ0v) is 15.6. The fourth-order valence-corrected chi connectivity index (χ4v) is 2.70. The van der Waals surface area contributed by atoms with Crippen LogP contribution in [0.5, 0.6) is 0 Å². The SMILES string of the molecule is CNC(=O)c1ccc(CNC(=O)Cn2nc(C)n(Cc3ccccc3)c2=O)o1. The van der Waals surface area contributed by atoms with Gasteiger partial charge in [-0.1, -0.05) is 30.3 Å². The van der Waals surface area contributed by atoms with E-state index in [0.29, 0.717) is 18.1 Å². The van der Waals surface area contributed by atoms with Gasteiger partial charge in [-0.2, -0.15) is 5.10 Å². The van der Waals surface area contributed by atoms with E-state index >= 15 is 0 Å². The Kier molecular flexibility index (Phi) is 5.73. The number of furan rings is 1. The van der Waals surface area contributed by atoms with E-state index < -0.39 is 0 Å². The maximum absolute atomic E-state index is 12.5. The Balaban J connectivity index is 1.61. The van der Waals surface area contributed by atoms with Crippen LogP contribution in [-0.2, 0) is 24.4 Å². The Labute approximate surface area is 161 Å². The number of nitrogens with one attached hydrogen (secondary N) is 2. The van der Waals surface area contributed by atoms with Crippen molar-refractivity contribution >= 4 is 11.8 Å². The second-order valence-electron chi connectivity index (χ2n) is 6.18. The maximum atomic E-state index is 12.5. The number of benzene rings is 1. The van der Waals surface area contributed by atoms with E-state index in [1.165, 1.54) is 17.7 Å². The fraction of sp³-hybridized carbons (Fsp3) is 0.263. The molecule has 0 spiro atoms. The molecule has 3 aromatic rings. The minimum absolute atomic E-state index is 0.105. The molecule has 0 radical (unpaired) electrons. The highest BCUT2D eigenvalue weighted by Crippen LogP contribution is 2.07. The number of rotatable bonds is 7. The smallest absolute Gasteiger partial charge is 0.346 e. The van der Waals surface area contributed by atoms with Crippen LogP contribution in [0.3, 0.4) is 0 Å². The lowest BCUT2D eigenvalue weighted by molar-refractivity contribution is -0.122. The maximum Gasteiger partial charge on any atom is 0.346 e. The molecule has 146 valence electrons. The second-order valence-corrected chi connectivity index (χ2v) is 6.18. The van der Waals surface area contributed by atoms with Crippen LogP contribution in [-0.4, -0.2) is 33.2 Å². The van der Waals surface area contributed by atoms with E-state index in [2.05, 4.69) is 15.7 Å². The molecule has 1 aromatic carbocycles. The number of aromatic nitrogens is 3. The van der Waals surface area contributed by atoms with Crippen molar-refractivity contribution < 1.29 is 14.0 Å². The Morgan fingerprint density at radius 1 is 1.14 bits per heavy atom. The molecule has 0 aliphatic rings. The average Bonchev–Trinajstić information content (AvgIpc) is 3.27. The van der Waals surface area contributed by atoms with Gasteiger partial charge in [0.15, 0.2) is 5.76 Å². The van der Waals surface area contributed by atoms with Crippen LogP contribution in [0.2, 0.25) is 0 Å². The van der Waals surface area contributed by atoms with E-state index in [9.17, 15) is 14.4 Å². The summed E-state index contributed by atoms with van der Waals surface area (Å²) < 4.78 is 7.98. The number of hydrogen-bond acceptors (Lipinski definition) is 5. The number of aryl methyl sites for hydroxylation is 1. The molecule has 0 saturated carbocycles. The summed E-state index contributed by atoms with van der Waals surface area (Å²) in [6.45, 7) is 2.02. The summed E-state index contributed by atoms with van der Waals surface area (Å²) in [5.41, 5.74) is 0.623. The third kappa shape index (κ3) is 4.37. The number of hydrogen-bond donors (Lipinski definition) is 2. The first-order valence-corrected chi connectivity index (χ1v) is 8.73. The second kappa shape index (κ2) is 8.38. The van der Waals surface area contributed by atoms with Crippen molar-refractivity contribution in [2.45, 2.75) is 26.6 Å². The quantitative estimate of drug-likeness (QED) is 0.623. The minimum atomic E-state index is -0.385. The molecule has 2 heterocycles. The number of amides is 2. The van der Waals surface area contributed by atoms with Crippen LogP contribution in [0, 0.1) is 6.92 Å². The summed E-state index contributed by atoms with van der Waals surface area (Å²) in [4.78, 5) is 36.2. The first kappa shape index (κ1) is 19.2. The number of carbonyl (C=O) groups excluding carboxylic acids is 2. The predicted octanol–water partition coefficient (Wildman–Crippen LogP) is 0.671. The lowest BCUT2D eigenvalue weighted by atomic mass is 10.2. The van der Waals surface area contributed by atoms with E-state index in [4.69, 9.17) is 4.42 Å². The average molecular weight is 383 g/mol. The van der Waals surface area contributed by atoms with Gasteiger partial charge in [-0.05, 0) is 24.6 Å². The third-order valence-electron chi connectivity index (χ3n) is 4.16. The van der Waals surface area contributed by atoms with Crippen LogP contribution in [0.15, 0.2) is 51.7 Å². The standard InChI is InChI=1S/C19H21N5O4/c1-13-22-24(19(27)23(13)11-14-6-4-3-5-7-14)12-17(25)21-10-15-8-9-16(28-15)18(26)20-2/h3-9H,10-12H2,1-2H3,(H,20,26)(H,21,25). The highest BCUT2D eigenvalue weighted by atomic mass is 16.4. The van der Waals surface area contributed by atoms with E-state index in [1.807, 2.05) is 30.3 Å². The van der Waals surface area contributed by atoms with Crippen molar-refractivity contribution in [3.05, 3.63) is 75.9 Å². The Morgan fingerprint density at radius 3 is 2.61 bits per heavy atom. The van der Waals surface area contributed by atoms with Gasteiger partial charge in [0.25, 0.3) is 5.91 Å². The molecule has 28 heavy (non-hydrogen) atoms. The molecule has 2 amide bonds. The van der Waals surface area contributed by atoms with Gasteiger partial charge >= 0.3 is 5.69 Å². The van der Waals surface area contributed by atoms with Gasteiger partial charge < -0.3 is 15.1 Å². The predicted molar refractivity (Wildman–Crippen MR) is 101 cm³/mol. The van der Waals surface area contributed by atoms with Crippen molar-refractivity contribution in [1.29, 1.82) is 0 Å². The zero-order chi connectivity index (χ0) is 20.1. The summed E-state index contributed by atoms with van der Waals surface area (Å²) in [5, 5.41) is 9.27. The molecular formula is C19H21N5O4. The zero-order valence-electron chi connectivity index (χ0n) is 15.6. The normalized spacial score (nSPS) is 10.6. The van der Waals surface area contributed by atoms with Gasteiger partial charge in [0.05, 0.1) is 13.1 Å². The monoisotopic (exact) mass is 383 g/mol. The third-order valence-corrected chi connectivity index (χ3v) is 4.16. The van der Waals surface area contributed by atoms with Crippen LogP contribution >= 0.6 is 0 Å². The molecule has 2 aromatic heterocycles.